The summed E-state index contributed by atoms with van der Waals surface area (Å²) in [6, 6.07) is 6.44. The molecule has 0 N–H and O–H groups in total. The Balaban J connectivity index is 3.22. The molecule has 0 aliphatic heterocycles. The normalized spacial score (nSPS) is 10.5. The van der Waals surface area contributed by atoms with Crippen LogP contribution < -0.4 is 5.11 Å². The average Bonchev–Trinajstić information content (AvgIpc) is 2.35. The number of hydrogen-bond acceptors (Lipinski definition) is 3. The summed E-state index contributed by atoms with van der Waals surface area (Å²) in [6.07, 6.45) is 2.38. The van der Waals surface area contributed by atoms with Crippen LogP contribution in [0, 0.1) is 6.92 Å². The van der Waals surface area contributed by atoms with Crippen molar-refractivity contribution in [2.24, 2.45) is 0 Å². The average molecular weight is 265 g/mol. The van der Waals surface area contributed by atoms with Gasteiger partial charge in [0.05, 0.1) is 0 Å². The quantitative estimate of drug-likeness (QED) is 0.343. The van der Waals surface area contributed by atoms with E-state index in [-0.39, 0.29) is 11.4 Å². The summed E-state index contributed by atoms with van der Waals surface area (Å²) in [5.41, 5.74) is 0.968. The molecule has 0 heterocycles. The fourth-order valence-corrected chi connectivity index (χ4v) is 2.62. The van der Waals surface area contributed by atoms with Gasteiger partial charge in [0, 0.05) is 6.42 Å². The van der Waals surface area contributed by atoms with Crippen molar-refractivity contribution in [3.8, 4) is 0 Å². The molecule has 0 fully saturated rings. The summed E-state index contributed by atoms with van der Waals surface area (Å²) >= 11 is 0. The van der Waals surface area contributed by atoms with Gasteiger partial charge in [-0.3, -0.25) is 0 Å². The van der Waals surface area contributed by atoms with Crippen LogP contribution in [-0.4, -0.2) is 24.8 Å². The fraction of sp³-hybridized carbons (Fsp3) is 0.231. The Morgan fingerprint density at radius 3 is 2.50 bits per heavy atom. The molecule has 1 aromatic carbocycles. The van der Waals surface area contributed by atoms with Crippen molar-refractivity contribution in [3.63, 3.8) is 0 Å². The van der Waals surface area contributed by atoms with Crippen LogP contribution in [0.4, 0.5) is 0 Å². The molecule has 1 aromatic rings. The summed E-state index contributed by atoms with van der Waals surface area (Å²) < 4.78 is 25.3. The Kier molecular flexibility index (Phi) is 4.89. The first-order valence-corrected chi connectivity index (χ1v) is 6.86. The van der Waals surface area contributed by atoms with Gasteiger partial charge < -0.3 is 5.11 Å². The molecule has 0 unspecified atom stereocenters. The molecular weight excluding hydrogens is 250 g/mol. The summed E-state index contributed by atoms with van der Waals surface area (Å²) in [4.78, 5) is 0.145. The SMILES string of the molecule is C=CCC[N+](=C=C[O-])S(=O)(=O)c1ccc(C)cc1. The zero-order chi connectivity index (χ0) is 13.6. The van der Waals surface area contributed by atoms with Gasteiger partial charge >= 0.3 is 10.0 Å². The van der Waals surface area contributed by atoms with Crippen LogP contribution in [0.15, 0.2) is 48.1 Å². The van der Waals surface area contributed by atoms with Crippen LogP contribution in [0.25, 0.3) is 0 Å². The molecule has 0 aromatic heterocycles. The van der Waals surface area contributed by atoms with Gasteiger partial charge in [0.15, 0.2) is 12.4 Å². The van der Waals surface area contributed by atoms with Crippen molar-refractivity contribution in [2.45, 2.75) is 18.2 Å². The Hall–Kier alpha value is -1.84. The van der Waals surface area contributed by atoms with Crippen LogP contribution in [-0.2, 0) is 10.0 Å². The summed E-state index contributed by atoms with van der Waals surface area (Å²) in [7, 11) is -3.71. The van der Waals surface area contributed by atoms with Gasteiger partial charge in [-0.15, -0.1) is 6.58 Å². The second kappa shape index (κ2) is 6.19. The molecule has 1 rings (SSSR count). The minimum absolute atomic E-state index is 0.145. The van der Waals surface area contributed by atoms with E-state index in [2.05, 4.69) is 12.4 Å². The van der Waals surface area contributed by atoms with E-state index < -0.39 is 10.0 Å². The molecule has 4 nitrogen and oxygen atoms in total. The summed E-state index contributed by atoms with van der Waals surface area (Å²) in [5, 5.41) is 10.5. The maximum atomic E-state index is 12.2. The molecule has 0 spiro atoms. The molecule has 5 heteroatoms. The van der Waals surface area contributed by atoms with Crippen LogP contribution in [0.3, 0.4) is 0 Å². The van der Waals surface area contributed by atoms with E-state index in [0.717, 1.165) is 9.54 Å². The van der Waals surface area contributed by atoms with E-state index in [4.69, 9.17) is 0 Å². The Labute approximate surface area is 107 Å². The maximum absolute atomic E-state index is 12.2. The highest BCUT2D eigenvalue weighted by molar-refractivity contribution is 7.85. The fourth-order valence-electron chi connectivity index (χ4n) is 1.36. The van der Waals surface area contributed by atoms with Crippen molar-refractivity contribution in [1.29, 1.82) is 0 Å². The molecule has 0 atom stereocenters. The van der Waals surface area contributed by atoms with Crippen LogP contribution in [0.5, 0.6) is 0 Å². The number of hydrogen-bond donors (Lipinski definition) is 0. The topological polar surface area (TPSA) is 60.2 Å². The molecule has 0 aliphatic rings. The van der Waals surface area contributed by atoms with Gasteiger partial charge in [0.1, 0.15) is 4.90 Å². The van der Waals surface area contributed by atoms with Crippen molar-refractivity contribution < 1.29 is 17.5 Å². The van der Waals surface area contributed by atoms with E-state index in [1.165, 1.54) is 12.1 Å². The van der Waals surface area contributed by atoms with Crippen molar-refractivity contribution >= 4 is 15.9 Å². The molecule has 0 radical (unpaired) electrons. The Morgan fingerprint density at radius 1 is 1.39 bits per heavy atom. The minimum Gasteiger partial charge on any atom is -0.868 e. The second-order valence-electron chi connectivity index (χ2n) is 3.71. The first-order valence-electron chi connectivity index (χ1n) is 5.42. The van der Waals surface area contributed by atoms with Gasteiger partial charge in [-0.1, -0.05) is 27.8 Å². The second-order valence-corrected chi connectivity index (χ2v) is 5.58. The Morgan fingerprint density at radius 2 is 2.00 bits per heavy atom. The first-order chi connectivity index (χ1) is 8.52. The lowest BCUT2D eigenvalue weighted by atomic mass is 10.2. The standard InChI is InChI=1S/C13H15NO3S/c1-3-4-9-14(10-11-15)18(16,17)13-7-5-12(2)6-8-13/h3,5-8,11H,1,4,9H2,2H3. The van der Waals surface area contributed by atoms with Crippen molar-refractivity contribution in [1.82, 2.24) is 0 Å². The zero-order valence-electron chi connectivity index (χ0n) is 10.2. The largest absolute Gasteiger partial charge is 0.868 e. The summed E-state index contributed by atoms with van der Waals surface area (Å²) in [6.45, 7) is 5.54. The lowest BCUT2D eigenvalue weighted by molar-refractivity contribution is -0.362. The number of benzene rings is 1. The van der Waals surface area contributed by atoms with Crippen molar-refractivity contribution in [3.05, 3.63) is 48.7 Å². The van der Waals surface area contributed by atoms with E-state index in [1.54, 1.807) is 18.2 Å². The number of rotatable bonds is 5. The third-order valence-corrected chi connectivity index (χ3v) is 4.08. The molecule has 96 valence electrons. The highest BCUT2D eigenvalue weighted by atomic mass is 32.2. The zero-order valence-corrected chi connectivity index (χ0v) is 11.0. The molecular formula is C13H15NO3S. The number of nitrogens with zero attached hydrogens (tertiary/aromatic N) is 1. The van der Waals surface area contributed by atoms with Gasteiger partial charge in [-0.05, 0) is 25.3 Å². The summed E-state index contributed by atoms with van der Waals surface area (Å²) in [5.74, 6) is 2.19. The number of aryl methyl sites for hydroxylation is 1. The maximum Gasteiger partial charge on any atom is 0.403 e. The molecule has 0 amide bonds. The minimum atomic E-state index is -3.71. The predicted molar refractivity (Wildman–Crippen MR) is 67.9 cm³/mol. The van der Waals surface area contributed by atoms with Crippen LogP contribution >= 0.6 is 0 Å². The molecule has 18 heavy (non-hydrogen) atoms. The smallest absolute Gasteiger partial charge is 0.403 e. The van der Waals surface area contributed by atoms with Crippen LogP contribution in [0.1, 0.15) is 12.0 Å². The lowest BCUT2D eigenvalue weighted by Gasteiger charge is -2.01. The van der Waals surface area contributed by atoms with Crippen LogP contribution in [0.2, 0.25) is 0 Å². The van der Waals surface area contributed by atoms with E-state index in [0.29, 0.717) is 12.7 Å². The molecule has 0 saturated heterocycles. The van der Waals surface area contributed by atoms with Gasteiger partial charge in [-0.2, -0.15) is 8.42 Å². The lowest BCUT2D eigenvalue weighted by Crippen LogP contribution is -2.22. The predicted octanol–water partition coefficient (Wildman–Crippen LogP) is 0.816. The van der Waals surface area contributed by atoms with E-state index in [1.807, 2.05) is 6.92 Å². The first kappa shape index (κ1) is 14.2. The molecule has 0 bridgehead atoms. The third-order valence-electron chi connectivity index (χ3n) is 2.34. The van der Waals surface area contributed by atoms with E-state index >= 15 is 0 Å². The Bertz CT molecular complexity index is 579. The van der Waals surface area contributed by atoms with Gasteiger partial charge in [-0.25, -0.2) is 0 Å². The third kappa shape index (κ3) is 3.32. The molecule has 0 aliphatic carbocycles. The van der Waals surface area contributed by atoms with Gasteiger partial charge in [0.25, 0.3) is 0 Å². The monoisotopic (exact) mass is 265 g/mol. The van der Waals surface area contributed by atoms with Crippen molar-refractivity contribution in [2.75, 3.05) is 6.54 Å². The van der Waals surface area contributed by atoms with Gasteiger partial charge in [0.2, 0.25) is 0 Å². The highest BCUT2D eigenvalue weighted by Crippen LogP contribution is 2.13. The molecule has 0 saturated carbocycles. The van der Waals surface area contributed by atoms with E-state index in [9.17, 15) is 13.5 Å². The highest BCUT2D eigenvalue weighted by Gasteiger charge is 2.26. The number of sulfonamides is 1.